The van der Waals surface area contributed by atoms with Gasteiger partial charge in [0.05, 0.1) is 33.6 Å². The Kier molecular flexibility index (Phi) is 15.6. The molecular weight excluding hydrogens is 1330 g/mol. The predicted octanol–water partition coefficient (Wildman–Crippen LogP) is 23.6. The number of para-hydroxylation sites is 2. The second kappa shape index (κ2) is 24.9. The average Bonchev–Trinajstić information content (AvgIpc) is 1.47. The third-order valence-corrected chi connectivity index (χ3v) is 24.3. The first-order valence-corrected chi connectivity index (χ1v) is 37.6. The summed E-state index contributed by atoms with van der Waals surface area (Å²) in [4.78, 5) is 0. The number of fused-ring (bicyclic) bond motifs is 15. The van der Waals surface area contributed by atoms with E-state index >= 15 is 0 Å². The molecule has 3 fully saturated rings. The monoisotopic (exact) mass is 1410 g/mol. The Bertz CT molecular complexity index is 6650. The van der Waals surface area contributed by atoms with E-state index in [1.54, 1.807) is 0 Å². The molecule has 108 heavy (non-hydrogen) atoms. The fourth-order valence-corrected chi connectivity index (χ4v) is 16.2. The molecule has 0 aliphatic carbocycles. The zero-order valence-corrected chi connectivity index (χ0v) is 62.9. The van der Waals surface area contributed by atoms with E-state index in [2.05, 4.69) is 332 Å². The van der Waals surface area contributed by atoms with E-state index in [0.717, 1.165) is 120 Å². The van der Waals surface area contributed by atoms with Gasteiger partial charge in [0, 0.05) is 37.9 Å². The first kappa shape index (κ1) is 67.8. The molecule has 3 aliphatic rings. The summed E-state index contributed by atoms with van der Waals surface area (Å²) in [6, 6.07) is 96.5. The Morgan fingerprint density at radius 2 is 0.565 bits per heavy atom. The molecule has 0 atom stereocenters. The van der Waals surface area contributed by atoms with Crippen molar-refractivity contribution < 1.29 is 41.2 Å². The molecule has 0 bridgehead atoms. The van der Waals surface area contributed by atoms with Crippen LogP contribution in [0.25, 0.3) is 164 Å². The zero-order chi connectivity index (χ0) is 74.0. The Morgan fingerprint density at radius 3 is 1.19 bits per heavy atom. The molecule has 12 heteroatoms. The summed E-state index contributed by atoms with van der Waals surface area (Å²) in [5.41, 5.74) is 13.3. The van der Waals surface area contributed by atoms with Gasteiger partial charge in [0.2, 0.25) is 0 Å². The summed E-state index contributed by atoms with van der Waals surface area (Å²) in [7, 11) is -1.23. The molecule has 9 nitrogen and oxygen atoms in total. The molecule has 21 rings (SSSR count). The number of furan rings is 3. The topological polar surface area (TPSA) is 94.8 Å². The summed E-state index contributed by atoms with van der Waals surface area (Å²) in [5, 5.41) is 21.0. The van der Waals surface area contributed by atoms with E-state index in [-0.39, 0.29) is 18.3 Å². The van der Waals surface area contributed by atoms with Crippen molar-refractivity contribution in [2.24, 2.45) is 0 Å². The van der Waals surface area contributed by atoms with Crippen molar-refractivity contribution in [3.05, 3.63) is 273 Å². The van der Waals surface area contributed by atoms with Crippen LogP contribution in [0, 0.1) is 0 Å². The molecule has 0 radical (unpaired) electrons. The van der Waals surface area contributed by atoms with Crippen LogP contribution in [-0.2, 0) is 27.9 Å². The zero-order valence-electron chi connectivity index (χ0n) is 62.9. The van der Waals surface area contributed by atoms with E-state index in [4.69, 9.17) is 41.2 Å². The van der Waals surface area contributed by atoms with Gasteiger partial charge in [-0.05, 0) is 265 Å². The van der Waals surface area contributed by atoms with Crippen molar-refractivity contribution in [2.45, 2.75) is 117 Å². The third-order valence-electron chi connectivity index (χ3n) is 24.3. The summed E-state index contributed by atoms with van der Waals surface area (Å²) in [6.45, 7) is 25.1. The van der Waals surface area contributed by atoms with Crippen LogP contribution in [0.15, 0.2) is 286 Å². The minimum Gasteiger partial charge on any atom is -0.456 e. The van der Waals surface area contributed by atoms with Crippen LogP contribution >= 0.6 is 0 Å². The molecule has 0 spiro atoms. The van der Waals surface area contributed by atoms with Gasteiger partial charge in [-0.3, -0.25) is 0 Å². The van der Waals surface area contributed by atoms with Crippen LogP contribution in [0.2, 0.25) is 0 Å². The second-order valence-corrected chi connectivity index (χ2v) is 32.5. The summed E-state index contributed by atoms with van der Waals surface area (Å²) in [6.07, 6.45) is 0. The highest BCUT2D eigenvalue weighted by Gasteiger charge is 2.54. The minimum atomic E-state index is -0.429. The molecule has 0 unspecified atom stereocenters. The van der Waals surface area contributed by atoms with E-state index in [9.17, 15) is 0 Å². The SMILES string of the molecule is CC1(C)OB(c2cc(-c3ccc4c(c3)oc3cc5ccccc5cc34)cc3ccccc23)OC1(C)C.CC1(C)OB(c2cccc3c(-c4c5ccccc5cc5oc6ccccc6c45)cccc23)OC1(C)C.CC1(C)OB(c2cccc3cc(-c4ccc5cc6c(cc5c4)oc4ccccc46)ccc23)OC1(C)C. The van der Waals surface area contributed by atoms with Crippen LogP contribution < -0.4 is 16.4 Å². The molecule has 15 aromatic carbocycles. The van der Waals surface area contributed by atoms with Gasteiger partial charge in [-0.2, -0.15) is 0 Å². The van der Waals surface area contributed by atoms with Crippen molar-refractivity contribution in [2.75, 3.05) is 0 Å². The number of benzene rings is 15. The quantitative estimate of drug-likeness (QED) is 0.151. The molecule has 528 valence electrons. The molecule has 3 saturated heterocycles. The van der Waals surface area contributed by atoms with Crippen LogP contribution in [0.4, 0.5) is 0 Å². The third kappa shape index (κ3) is 11.2. The molecule has 6 heterocycles. The highest BCUT2D eigenvalue weighted by atomic mass is 16.7. The fourth-order valence-electron chi connectivity index (χ4n) is 16.2. The van der Waals surface area contributed by atoms with Gasteiger partial charge in [0.25, 0.3) is 0 Å². The lowest BCUT2D eigenvalue weighted by Crippen LogP contribution is -2.41. The average molecular weight is 1410 g/mol. The number of rotatable bonds is 6. The maximum atomic E-state index is 6.46. The number of hydrogen-bond donors (Lipinski definition) is 0. The van der Waals surface area contributed by atoms with Gasteiger partial charge in [0.1, 0.15) is 33.5 Å². The maximum absolute atomic E-state index is 6.46. The van der Waals surface area contributed by atoms with Gasteiger partial charge in [-0.25, -0.2) is 0 Å². The Labute approximate surface area is 628 Å². The summed E-state index contributed by atoms with van der Waals surface area (Å²) < 4.78 is 57.3. The largest absolute Gasteiger partial charge is 0.495 e. The standard InChI is InChI=1S/3C32H27BO3/c1-31(2)32(3,4)36-33(35-31)26-17-10-14-22-23(26)15-9-16-24(22)29-21-12-6-5-11-20(21)19-28-30(29)25-13-7-8-18-27(25)34-28;1-31(2)32(3,4)36-33(35-31)28-10-7-8-23-16-21(14-15-25(23)28)20-12-13-22-18-27-26-9-5-6-11-29(26)34-30(27)19-24(22)17-20;1-31(2)32(3,4)36-33(35-31)28-17-24(15-23-11-7-8-12-25(23)28)22-13-14-26-27-16-20-9-5-6-10-21(20)18-30(27)34-29(26)19-22/h3*5-19H,1-4H3. The van der Waals surface area contributed by atoms with E-state index < -0.39 is 36.6 Å². The highest BCUT2D eigenvalue weighted by Crippen LogP contribution is 2.47. The molecule has 3 aromatic heterocycles. The van der Waals surface area contributed by atoms with Crippen LogP contribution in [0.5, 0.6) is 0 Å². The van der Waals surface area contributed by atoms with Crippen molar-refractivity contribution in [3.8, 4) is 33.4 Å². The van der Waals surface area contributed by atoms with Crippen LogP contribution in [0.3, 0.4) is 0 Å². The lowest BCUT2D eigenvalue weighted by atomic mass is 9.74. The van der Waals surface area contributed by atoms with Gasteiger partial charge in [-0.15, -0.1) is 0 Å². The van der Waals surface area contributed by atoms with Crippen LogP contribution in [-0.4, -0.2) is 55.0 Å². The molecule has 0 N–H and O–H groups in total. The van der Waals surface area contributed by atoms with E-state index in [0.29, 0.717) is 0 Å². The predicted molar refractivity (Wildman–Crippen MR) is 450 cm³/mol. The Balaban J connectivity index is 0.000000110. The summed E-state index contributed by atoms with van der Waals surface area (Å²) in [5.74, 6) is 0. The fraction of sp³-hybridized carbons (Fsp3) is 0.188. The molecular formula is C96H81B3O9. The van der Waals surface area contributed by atoms with Gasteiger partial charge in [-0.1, -0.05) is 200 Å². The first-order valence-electron chi connectivity index (χ1n) is 37.6. The minimum absolute atomic E-state index is 0.365. The van der Waals surface area contributed by atoms with E-state index in [1.807, 2.05) is 24.3 Å². The molecule has 0 amide bonds. The van der Waals surface area contributed by atoms with E-state index in [1.165, 1.54) is 60.0 Å². The first-order chi connectivity index (χ1) is 51.9. The molecule has 18 aromatic rings. The van der Waals surface area contributed by atoms with Gasteiger partial charge in [0.15, 0.2) is 0 Å². The van der Waals surface area contributed by atoms with Crippen molar-refractivity contribution in [1.29, 1.82) is 0 Å². The normalized spacial score (nSPS) is 17.1. The molecule has 3 aliphatic heterocycles. The smallest absolute Gasteiger partial charge is 0.456 e. The van der Waals surface area contributed by atoms with Crippen molar-refractivity contribution in [1.82, 2.24) is 0 Å². The lowest BCUT2D eigenvalue weighted by molar-refractivity contribution is 0.00578. The van der Waals surface area contributed by atoms with Gasteiger partial charge < -0.3 is 41.2 Å². The number of hydrogen-bond acceptors (Lipinski definition) is 9. The Hall–Kier alpha value is -10.8. The summed E-state index contributed by atoms with van der Waals surface area (Å²) >= 11 is 0. The Morgan fingerprint density at radius 1 is 0.204 bits per heavy atom. The highest BCUT2D eigenvalue weighted by molar-refractivity contribution is 6.66. The van der Waals surface area contributed by atoms with Crippen molar-refractivity contribution in [3.63, 3.8) is 0 Å². The maximum Gasteiger partial charge on any atom is 0.495 e. The van der Waals surface area contributed by atoms with Crippen LogP contribution in [0.1, 0.15) is 83.1 Å². The van der Waals surface area contributed by atoms with Crippen molar-refractivity contribution >= 4 is 168 Å². The molecule has 0 saturated carbocycles. The lowest BCUT2D eigenvalue weighted by Gasteiger charge is -2.32. The van der Waals surface area contributed by atoms with Gasteiger partial charge >= 0.3 is 21.4 Å². The second-order valence-electron chi connectivity index (χ2n) is 32.5.